The van der Waals surface area contributed by atoms with Crippen LogP contribution < -0.4 is 5.32 Å². The topological polar surface area (TPSA) is 24.9 Å². The van der Waals surface area contributed by atoms with Crippen LogP contribution in [0.1, 0.15) is 48.3 Å². The molecule has 84 valence electrons. The van der Waals surface area contributed by atoms with E-state index < -0.39 is 0 Å². The predicted molar refractivity (Wildman–Crippen MR) is 65.4 cm³/mol. The van der Waals surface area contributed by atoms with Crippen molar-refractivity contribution >= 4 is 11.3 Å². The Hall–Kier alpha value is -0.410. The Morgan fingerprint density at radius 1 is 1.27 bits per heavy atom. The molecule has 0 saturated heterocycles. The van der Waals surface area contributed by atoms with Gasteiger partial charge in [-0.15, -0.1) is 11.3 Å². The molecule has 0 amide bonds. The lowest BCUT2D eigenvalue weighted by Gasteiger charge is -2.16. The van der Waals surface area contributed by atoms with Crippen molar-refractivity contribution in [1.29, 1.82) is 0 Å². The van der Waals surface area contributed by atoms with Crippen LogP contribution in [0.25, 0.3) is 0 Å². The molecule has 0 fully saturated rings. The molecule has 1 N–H and O–H groups in total. The van der Waals surface area contributed by atoms with Crippen molar-refractivity contribution in [1.82, 2.24) is 10.3 Å². The van der Waals surface area contributed by atoms with E-state index in [1.165, 1.54) is 41.3 Å². The lowest BCUT2D eigenvalue weighted by atomic mass is 10.0. The summed E-state index contributed by atoms with van der Waals surface area (Å²) in [5.41, 5.74) is 1.38. The molecule has 0 saturated carbocycles. The van der Waals surface area contributed by atoms with Crippen LogP contribution in [0.2, 0.25) is 0 Å². The summed E-state index contributed by atoms with van der Waals surface area (Å²) in [6, 6.07) is 0.431. The van der Waals surface area contributed by atoms with Crippen LogP contribution in [0.15, 0.2) is 0 Å². The van der Waals surface area contributed by atoms with Crippen LogP contribution in [-0.2, 0) is 12.8 Å². The highest BCUT2D eigenvalue weighted by Crippen LogP contribution is 2.32. The maximum absolute atomic E-state index is 4.80. The fourth-order valence-electron chi connectivity index (χ4n) is 2.25. The van der Waals surface area contributed by atoms with Gasteiger partial charge in [0.15, 0.2) is 0 Å². The van der Waals surface area contributed by atoms with E-state index in [4.69, 9.17) is 4.98 Å². The SMILES string of the molecule is CNC(c1nc2c(s1)CCCC2)C(C)C. The fraction of sp³-hybridized carbons (Fsp3) is 0.750. The quantitative estimate of drug-likeness (QED) is 0.854. The zero-order valence-electron chi connectivity index (χ0n) is 9.84. The first-order chi connectivity index (χ1) is 7.22. The third-order valence-corrected chi connectivity index (χ3v) is 4.35. The van der Waals surface area contributed by atoms with Crippen molar-refractivity contribution < 1.29 is 0 Å². The smallest absolute Gasteiger partial charge is 0.110 e. The van der Waals surface area contributed by atoms with Crippen LogP contribution in [0.4, 0.5) is 0 Å². The monoisotopic (exact) mass is 224 g/mol. The number of aryl methyl sites for hydroxylation is 2. The molecule has 2 nitrogen and oxygen atoms in total. The third-order valence-electron chi connectivity index (χ3n) is 3.11. The molecule has 3 heteroatoms. The lowest BCUT2D eigenvalue weighted by Crippen LogP contribution is -2.21. The highest BCUT2D eigenvalue weighted by molar-refractivity contribution is 7.11. The van der Waals surface area contributed by atoms with E-state index in [9.17, 15) is 0 Å². The second-order valence-electron chi connectivity index (χ2n) is 4.64. The number of thiazole rings is 1. The Morgan fingerprint density at radius 3 is 2.60 bits per heavy atom. The van der Waals surface area contributed by atoms with Gasteiger partial charge in [0.25, 0.3) is 0 Å². The average molecular weight is 224 g/mol. The first-order valence-electron chi connectivity index (χ1n) is 5.88. The molecule has 1 aromatic heterocycles. The van der Waals surface area contributed by atoms with Crippen LogP contribution in [0, 0.1) is 5.92 Å². The third kappa shape index (κ3) is 2.23. The number of nitrogens with one attached hydrogen (secondary N) is 1. The van der Waals surface area contributed by atoms with Gasteiger partial charge in [0.1, 0.15) is 5.01 Å². The number of hydrogen-bond acceptors (Lipinski definition) is 3. The molecule has 0 aromatic carbocycles. The summed E-state index contributed by atoms with van der Waals surface area (Å²) >= 11 is 1.92. The van der Waals surface area contributed by atoms with Crippen molar-refractivity contribution in [3.8, 4) is 0 Å². The first kappa shape index (κ1) is 11.1. The maximum atomic E-state index is 4.80. The molecular weight excluding hydrogens is 204 g/mol. The minimum atomic E-state index is 0.431. The average Bonchev–Trinajstić information content (AvgIpc) is 2.61. The second kappa shape index (κ2) is 4.62. The van der Waals surface area contributed by atoms with E-state index in [1.807, 2.05) is 18.4 Å². The van der Waals surface area contributed by atoms with Crippen molar-refractivity contribution in [2.75, 3.05) is 7.05 Å². The highest BCUT2D eigenvalue weighted by atomic mass is 32.1. The predicted octanol–water partition coefficient (Wildman–Crippen LogP) is 2.94. The summed E-state index contributed by atoms with van der Waals surface area (Å²) < 4.78 is 0. The molecule has 1 aromatic rings. The van der Waals surface area contributed by atoms with Crippen LogP contribution >= 0.6 is 11.3 Å². The van der Waals surface area contributed by atoms with Crippen LogP contribution in [0.3, 0.4) is 0 Å². The Bertz CT molecular complexity index is 307. The van der Waals surface area contributed by atoms with Gasteiger partial charge in [0.05, 0.1) is 11.7 Å². The summed E-state index contributed by atoms with van der Waals surface area (Å²) in [4.78, 5) is 6.34. The number of rotatable bonds is 3. The maximum Gasteiger partial charge on any atom is 0.110 e. The van der Waals surface area contributed by atoms with Crippen molar-refractivity contribution in [2.45, 2.75) is 45.6 Å². The molecule has 0 spiro atoms. The van der Waals surface area contributed by atoms with Gasteiger partial charge in [-0.25, -0.2) is 4.98 Å². The van der Waals surface area contributed by atoms with E-state index in [0.717, 1.165) is 0 Å². The second-order valence-corrected chi connectivity index (χ2v) is 5.75. The zero-order valence-corrected chi connectivity index (χ0v) is 10.7. The summed E-state index contributed by atoms with van der Waals surface area (Å²) in [6.45, 7) is 4.50. The minimum Gasteiger partial charge on any atom is -0.311 e. The molecule has 2 rings (SSSR count). The van der Waals surface area contributed by atoms with Gasteiger partial charge in [-0.2, -0.15) is 0 Å². The van der Waals surface area contributed by atoms with Gasteiger partial charge >= 0.3 is 0 Å². The van der Waals surface area contributed by atoms with Gasteiger partial charge in [-0.05, 0) is 38.6 Å². The Morgan fingerprint density at radius 2 is 2.00 bits per heavy atom. The largest absolute Gasteiger partial charge is 0.311 e. The van der Waals surface area contributed by atoms with E-state index in [1.54, 1.807) is 0 Å². The van der Waals surface area contributed by atoms with Gasteiger partial charge in [-0.3, -0.25) is 0 Å². The van der Waals surface area contributed by atoms with Gasteiger partial charge in [0, 0.05) is 4.88 Å². The van der Waals surface area contributed by atoms with E-state index in [2.05, 4.69) is 19.2 Å². The standard InChI is InChI=1S/C12H20N2S/c1-8(2)11(13-3)12-14-9-6-4-5-7-10(9)15-12/h8,11,13H,4-7H2,1-3H3. The summed E-state index contributed by atoms with van der Waals surface area (Å²) in [5, 5.41) is 4.67. The molecule has 1 unspecified atom stereocenters. The Kier molecular flexibility index (Phi) is 3.42. The molecule has 1 atom stereocenters. The van der Waals surface area contributed by atoms with Gasteiger partial charge in [0.2, 0.25) is 0 Å². The summed E-state index contributed by atoms with van der Waals surface area (Å²) in [6.07, 6.45) is 5.12. The molecule has 0 bridgehead atoms. The van der Waals surface area contributed by atoms with Crippen molar-refractivity contribution in [3.05, 3.63) is 15.6 Å². The van der Waals surface area contributed by atoms with Crippen molar-refractivity contribution in [3.63, 3.8) is 0 Å². The minimum absolute atomic E-state index is 0.431. The van der Waals surface area contributed by atoms with E-state index in [0.29, 0.717) is 12.0 Å². The van der Waals surface area contributed by atoms with Crippen LogP contribution in [-0.4, -0.2) is 12.0 Å². The van der Waals surface area contributed by atoms with Crippen LogP contribution in [0.5, 0.6) is 0 Å². The van der Waals surface area contributed by atoms with Crippen molar-refractivity contribution in [2.24, 2.45) is 5.92 Å². The Labute approximate surface area is 96.1 Å². The van der Waals surface area contributed by atoms with Gasteiger partial charge < -0.3 is 5.32 Å². The van der Waals surface area contributed by atoms with E-state index in [-0.39, 0.29) is 0 Å². The molecule has 0 aliphatic heterocycles. The molecule has 1 aliphatic rings. The molecule has 1 aliphatic carbocycles. The number of aromatic nitrogens is 1. The molecule has 0 radical (unpaired) electrons. The summed E-state index contributed by atoms with van der Waals surface area (Å²) in [5.74, 6) is 0.614. The normalized spacial score (nSPS) is 17.9. The summed E-state index contributed by atoms with van der Waals surface area (Å²) in [7, 11) is 2.03. The fourth-order valence-corrected chi connectivity index (χ4v) is 3.68. The lowest BCUT2D eigenvalue weighted by molar-refractivity contribution is 0.440. The first-order valence-corrected chi connectivity index (χ1v) is 6.69. The number of hydrogen-bond donors (Lipinski definition) is 1. The number of nitrogens with zero attached hydrogens (tertiary/aromatic N) is 1. The Balaban J connectivity index is 2.24. The van der Waals surface area contributed by atoms with E-state index >= 15 is 0 Å². The van der Waals surface area contributed by atoms with Gasteiger partial charge in [-0.1, -0.05) is 13.8 Å². The molecular formula is C12H20N2S. The highest BCUT2D eigenvalue weighted by Gasteiger charge is 2.21. The zero-order chi connectivity index (χ0) is 10.8. The molecule has 15 heavy (non-hydrogen) atoms. The molecule has 1 heterocycles. The number of fused-ring (bicyclic) bond motifs is 1.